The number of aromatic nitrogens is 1. The van der Waals surface area contributed by atoms with Crippen LogP contribution in [0.3, 0.4) is 0 Å². The van der Waals surface area contributed by atoms with E-state index < -0.39 is 0 Å². The zero-order valence-corrected chi connectivity index (χ0v) is 20.5. The Labute approximate surface area is 200 Å². The first-order chi connectivity index (χ1) is 15.9. The first-order valence-corrected chi connectivity index (χ1v) is 12.3. The number of ether oxygens (including phenoxy) is 3. The second-order valence-corrected chi connectivity index (χ2v) is 10.1. The number of allylic oxidation sites excluding steroid dienone is 1. The fraction of sp³-hybridized carbons (Fsp3) is 0.462. The summed E-state index contributed by atoms with van der Waals surface area (Å²) in [5.41, 5.74) is 3.73. The highest BCUT2D eigenvalue weighted by Gasteiger charge is 2.33. The molecule has 0 radical (unpaired) electrons. The molecular formula is C26H31N3O3S. The van der Waals surface area contributed by atoms with E-state index in [1.807, 2.05) is 25.1 Å². The van der Waals surface area contributed by atoms with E-state index in [1.165, 1.54) is 5.56 Å². The Morgan fingerprint density at radius 2 is 2.09 bits per heavy atom. The van der Waals surface area contributed by atoms with E-state index in [0.717, 1.165) is 53.0 Å². The summed E-state index contributed by atoms with van der Waals surface area (Å²) >= 11 is 1.65. The number of morpholine rings is 1. The van der Waals surface area contributed by atoms with Gasteiger partial charge in [0.1, 0.15) is 22.7 Å². The number of aryl methyl sites for hydroxylation is 1. The van der Waals surface area contributed by atoms with Gasteiger partial charge in [-0.25, -0.2) is 4.98 Å². The maximum atomic E-state index is 10.1. The molecular weight excluding hydrogens is 434 g/mol. The van der Waals surface area contributed by atoms with Crippen LogP contribution < -0.4 is 9.64 Å². The van der Waals surface area contributed by atoms with Crippen LogP contribution in [0.15, 0.2) is 41.6 Å². The minimum Gasteiger partial charge on any atom is -0.463 e. The minimum atomic E-state index is -0.298. The molecule has 174 valence electrons. The Hall–Kier alpha value is -2.53. The van der Waals surface area contributed by atoms with E-state index in [-0.39, 0.29) is 5.60 Å². The summed E-state index contributed by atoms with van der Waals surface area (Å²) in [6.07, 6.45) is 1.56. The van der Waals surface area contributed by atoms with Crippen LogP contribution in [0.25, 0.3) is 0 Å². The number of hydrogen-bond acceptors (Lipinski definition) is 7. The number of fused-ring (bicyclic) bond motifs is 1. The average molecular weight is 466 g/mol. The molecule has 1 aromatic carbocycles. The molecule has 1 saturated heterocycles. The molecule has 1 fully saturated rings. The molecule has 0 atom stereocenters. The number of nitriles is 1. The summed E-state index contributed by atoms with van der Waals surface area (Å²) in [6.45, 7) is 13.3. The van der Waals surface area contributed by atoms with Crippen molar-refractivity contribution in [1.29, 1.82) is 5.26 Å². The molecule has 2 aromatic rings. The van der Waals surface area contributed by atoms with Crippen molar-refractivity contribution >= 4 is 17.6 Å². The lowest BCUT2D eigenvalue weighted by Gasteiger charge is -2.36. The van der Waals surface area contributed by atoms with Gasteiger partial charge >= 0.3 is 0 Å². The molecule has 0 unspecified atom stereocenters. The van der Waals surface area contributed by atoms with E-state index in [9.17, 15) is 5.26 Å². The maximum Gasteiger partial charge on any atom is 0.135 e. The molecule has 4 rings (SSSR count). The quantitative estimate of drug-likeness (QED) is 0.426. The SMILES string of the molecule is C=C(C)Oc1cccc(CCSc2nc(N3CCOCC3)c3c(c2C#N)CC(C)(C)OC3)c1. The molecule has 3 heterocycles. The molecule has 6 nitrogen and oxygen atoms in total. The molecule has 0 N–H and O–H groups in total. The van der Waals surface area contributed by atoms with E-state index in [1.54, 1.807) is 11.8 Å². The van der Waals surface area contributed by atoms with Crippen molar-refractivity contribution < 1.29 is 14.2 Å². The molecule has 33 heavy (non-hydrogen) atoms. The van der Waals surface area contributed by atoms with Gasteiger partial charge in [0, 0.05) is 30.8 Å². The summed E-state index contributed by atoms with van der Waals surface area (Å²) in [7, 11) is 0. The summed E-state index contributed by atoms with van der Waals surface area (Å²) in [5, 5.41) is 10.9. The lowest BCUT2D eigenvalue weighted by Crippen LogP contribution is -2.39. The standard InChI is InChI=1S/C26H31N3O3S/c1-18(2)32-20-7-5-6-19(14-20)8-13-33-25-22(16-27)21-15-26(3,4)31-17-23(21)24(28-25)29-9-11-30-12-10-29/h5-7,14H,1,8-13,15,17H2,2-4H3. The van der Waals surface area contributed by atoms with Crippen LogP contribution in [-0.4, -0.2) is 42.6 Å². The van der Waals surface area contributed by atoms with Gasteiger partial charge in [0.25, 0.3) is 0 Å². The molecule has 1 aromatic heterocycles. The van der Waals surface area contributed by atoms with Gasteiger partial charge in [-0.1, -0.05) is 18.7 Å². The van der Waals surface area contributed by atoms with Crippen LogP contribution in [0.5, 0.6) is 5.75 Å². The third-order valence-corrected chi connectivity index (χ3v) is 6.79. The highest BCUT2D eigenvalue weighted by atomic mass is 32.2. The minimum absolute atomic E-state index is 0.298. The van der Waals surface area contributed by atoms with E-state index in [2.05, 4.69) is 37.5 Å². The average Bonchev–Trinajstić information content (AvgIpc) is 2.78. The number of hydrogen-bond donors (Lipinski definition) is 0. The number of nitrogens with zero attached hydrogens (tertiary/aromatic N) is 3. The summed E-state index contributed by atoms with van der Waals surface area (Å²) in [6, 6.07) is 10.5. The molecule has 2 aliphatic heterocycles. The van der Waals surface area contributed by atoms with Gasteiger partial charge < -0.3 is 19.1 Å². The third kappa shape index (κ3) is 5.70. The summed E-state index contributed by atoms with van der Waals surface area (Å²) in [5.74, 6) is 3.23. The van der Waals surface area contributed by atoms with Crippen LogP contribution in [-0.2, 0) is 28.9 Å². The van der Waals surface area contributed by atoms with Gasteiger partial charge in [0.15, 0.2) is 0 Å². The zero-order valence-electron chi connectivity index (χ0n) is 19.6. The van der Waals surface area contributed by atoms with Crippen LogP contribution in [0.2, 0.25) is 0 Å². The molecule has 0 bridgehead atoms. The highest BCUT2D eigenvalue weighted by Crippen LogP contribution is 2.39. The van der Waals surface area contributed by atoms with Gasteiger partial charge in [0.05, 0.1) is 36.7 Å². The summed E-state index contributed by atoms with van der Waals surface area (Å²) < 4.78 is 17.3. The van der Waals surface area contributed by atoms with Gasteiger partial charge in [-0.15, -0.1) is 11.8 Å². The van der Waals surface area contributed by atoms with Crippen LogP contribution >= 0.6 is 11.8 Å². The fourth-order valence-corrected chi connectivity index (χ4v) is 5.21. The second kappa shape index (κ2) is 10.2. The normalized spacial score (nSPS) is 17.2. The van der Waals surface area contributed by atoms with Gasteiger partial charge in [0.2, 0.25) is 0 Å². The molecule has 0 saturated carbocycles. The predicted molar refractivity (Wildman–Crippen MR) is 131 cm³/mol. The van der Waals surface area contributed by atoms with E-state index in [4.69, 9.17) is 19.2 Å². The number of benzene rings is 1. The van der Waals surface area contributed by atoms with Gasteiger partial charge in [-0.3, -0.25) is 0 Å². The highest BCUT2D eigenvalue weighted by molar-refractivity contribution is 7.99. The smallest absolute Gasteiger partial charge is 0.135 e. The Morgan fingerprint density at radius 1 is 1.30 bits per heavy atom. The molecule has 7 heteroatoms. The van der Waals surface area contributed by atoms with Gasteiger partial charge in [-0.2, -0.15) is 5.26 Å². The largest absolute Gasteiger partial charge is 0.463 e. The van der Waals surface area contributed by atoms with Crippen molar-refractivity contribution in [2.24, 2.45) is 0 Å². The van der Waals surface area contributed by atoms with E-state index >= 15 is 0 Å². The van der Waals surface area contributed by atoms with Crippen molar-refractivity contribution in [3.8, 4) is 11.8 Å². The Balaban J connectivity index is 1.59. The fourth-order valence-electron chi connectivity index (χ4n) is 4.21. The molecule has 0 spiro atoms. The van der Waals surface area contributed by atoms with E-state index in [0.29, 0.717) is 37.6 Å². The predicted octanol–water partition coefficient (Wildman–Crippen LogP) is 4.89. The maximum absolute atomic E-state index is 10.1. The third-order valence-electron chi connectivity index (χ3n) is 5.81. The Kier molecular flexibility index (Phi) is 7.28. The Morgan fingerprint density at radius 3 is 2.82 bits per heavy atom. The monoisotopic (exact) mass is 465 g/mol. The number of thioether (sulfide) groups is 1. The van der Waals surface area contributed by atoms with Crippen LogP contribution in [0, 0.1) is 11.3 Å². The number of rotatable bonds is 7. The van der Waals surface area contributed by atoms with Crippen LogP contribution in [0.1, 0.15) is 43.0 Å². The zero-order chi connectivity index (χ0) is 23.4. The topological polar surface area (TPSA) is 67.6 Å². The number of anilines is 1. The van der Waals surface area contributed by atoms with Gasteiger partial charge in [-0.05, 0) is 50.5 Å². The summed E-state index contributed by atoms with van der Waals surface area (Å²) in [4.78, 5) is 7.28. The lowest BCUT2D eigenvalue weighted by molar-refractivity contribution is -0.0402. The van der Waals surface area contributed by atoms with Crippen molar-refractivity contribution in [3.63, 3.8) is 0 Å². The Bertz CT molecular complexity index is 1070. The molecule has 2 aliphatic rings. The first kappa shape index (κ1) is 23.6. The number of pyridine rings is 1. The molecule has 0 amide bonds. The lowest BCUT2D eigenvalue weighted by atomic mass is 9.89. The van der Waals surface area contributed by atoms with Crippen molar-refractivity contribution in [2.75, 3.05) is 37.0 Å². The second-order valence-electron chi connectivity index (χ2n) is 9.06. The van der Waals surface area contributed by atoms with Crippen molar-refractivity contribution in [1.82, 2.24) is 4.98 Å². The first-order valence-electron chi connectivity index (χ1n) is 11.3. The molecule has 0 aliphatic carbocycles. The van der Waals surface area contributed by atoms with Crippen molar-refractivity contribution in [3.05, 3.63) is 58.9 Å². The van der Waals surface area contributed by atoms with Crippen molar-refractivity contribution in [2.45, 2.75) is 50.8 Å². The van der Waals surface area contributed by atoms with Crippen LogP contribution in [0.4, 0.5) is 5.82 Å².